The first-order chi connectivity index (χ1) is 9.44. The van der Waals surface area contributed by atoms with Gasteiger partial charge in [-0.1, -0.05) is 30.3 Å². The fraction of sp³-hybridized carbons (Fsp3) is 0.462. The minimum atomic E-state index is -3.72. The van der Waals surface area contributed by atoms with Crippen molar-refractivity contribution >= 4 is 16.0 Å². The lowest BCUT2D eigenvalue weighted by Gasteiger charge is -2.33. The number of ether oxygens (including phenoxy) is 1. The van der Waals surface area contributed by atoms with Crippen molar-refractivity contribution in [3.8, 4) is 0 Å². The lowest BCUT2D eigenvalue weighted by molar-refractivity contribution is -0.147. The third kappa shape index (κ3) is 3.56. The van der Waals surface area contributed by atoms with Crippen LogP contribution in [0.4, 0.5) is 0 Å². The van der Waals surface area contributed by atoms with Crippen molar-refractivity contribution in [2.24, 2.45) is 0 Å². The van der Waals surface area contributed by atoms with Crippen molar-refractivity contribution in [3.63, 3.8) is 0 Å². The predicted molar refractivity (Wildman–Crippen MR) is 72.6 cm³/mol. The molecule has 1 heterocycles. The summed E-state index contributed by atoms with van der Waals surface area (Å²) < 4.78 is 31.8. The molecule has 1 aromatic rings. The lowest BCUT2D eigenvalue weighted by Crippen LogP contribution is -2.57. The van der Waals surface area contributed by atoms with Gasteiger partial charge in [0, 0.05) is 26.1 Å². The van der Waals surface area contributed by atoms with Crippen molar-refractivity contribution in [2.45, 2.75) is 24.1 Å². The van der Waals surface area contributed by atoms with Gasteiger partial charge in [-0.3, -0.25) is 4.79 Å². The number of carboxylic acids is 1. The van der Waals surface area contributed by atoms with Crippen molar-refractivity contribution in [1.29, 1.82) is 0 Å². The number of nitrogens with one attached hydrogen (secondary N) is 1. The van der Waals surface area contributed by atoms with Crippen LogP contribution in [-0.2, 0) is 25.3 Å². The molecule has 1 aliphatic rings. The number of aliphatic carboxylic acids is 1. The second kappa shape index (κ2) is 5.90. The number of carboxylic acid groups (broad SMARTS) is 1. The summed E-state index contributed by atoms with van der Waals surface area (Å²) in [5.41, 5.74) is -0.834. The van der Waals surface area contributed by atoms with Crippen LogP contribution in [-0.4, -0.2) is 38.2 Å². The normalized spacial score (nSPS) is 18.6. The number of sulfonamides is 1. The van der Waals surface area contributed by atoms with Crippen molar-refractivity contribution < 1.29 is 23.1 Å². The Morgan fingerprint density at radius 1 is 1.25 bits per heavy atom. The highest BCUT2D eigenvalue weighted by atomic mass is 32.2. The molecule has 2 rings (SSSR count). The van der Waals surface area contributed by atoms with Crippen LogP contribution in [0.3, 0.4) is 0 Å². The molecule has 1 aromatic carbocycles. The molecule has 0 unspecified atom stereocenters. The first-order valence-corrected chi connectivity index (χ1v) is 7.95. The van der Waals surface area contributed by atoms with E-state index in [-0.39, 0.29) is 31.8 Å². The van der Waals surface area contributed by atoms with Crippen LogP contribution in [0.5, 0.6) is 0 Å². The van der Waals surface area contributed by atoms with Crippen LogP contribution in [0.1, 0.15) is 18.4 Å². The molecule has 0 saturated carbocycles. The average Bonchev–Trinajstić information content (AvgIpc) is 2.39. The Hall–Kier alpha value is -1.44. The Morgan fingerprint density at radius 3 is 2.40 bits per heavy atom. The molecular formula is C13H17NO5S. The maximum absolute atomic E-state index is 12.2. The van der Waals surface area contributed by atoms with E-state index in [0.29, 0.717) is 5.56 Å². The highest BCUT2D eigenvalue weighted by Crippen LogP contribution is 2.23. The minimum Gasteiger partial charge on any atom is -0.480 e. The van der Waals surface area contributed by atoms with Crippen LogP contribution in [0.15, 0.2) is 30.3 Å². The molecule has 0 bridgehead atoms. The third-order valence-electron chi connectivity index (χ3n) is 3.31. The van der Waals surface area contributed by atoms with Crippen LogP contribution < -0.4 is 4.72 Å². The number of hydrogen-bond acceptors (Lipinski definition) is 4. The molecule has 1 fully saturated rings. The van der Waals surface area contributed by atoms with Crippen LogP contribution in [0.25, 0.3) is 0 Å². The zero-order valence-electron chi connectivity index (χ0n) is 10.9. The summed E-state index contributed by atoms with van der Waals surface area (Å²) in [4.78, 5) is 11.4. The van der Waals surface area contributed by atoms with E-state index in [0.717, 1.165) is 0 Å². The standard InChI is InChI=1S/C13H17NO5S/c15-12(16)13(6-8-19-9-7-13)14-20(17,18)10-11-4-2-1-3-5-11/h1-5,14H,6-10H2,(H,15,16). The van der Waals surface area contributed by atoms with Gasteiger partial charge >= 0.3 is 5.97 Å². The molecule has 1 aliphatic heterocycles. The summed E-state index contributed by atoms with van der Waals surface area (Å²) in [6, 6.07) is 8.66. The number of rotatable bonds is 5. The van der Waals surface area contributed by atoms with Gasteiger partial charge in [0.2, 0.25) is 10.0 Å². The molecule has 2 N–H and O–H groups in total. The van der Waals surface area contributed by atoms with Gasteiger partial charge in [-0.2, -0.15) is 4.72 Å². The quantitative estimate of drug-likeness (QED) is 0.836. The molecule has 1 saturated heterocycles. The topological polar surface area (TPSA) is 92.7 Å². The molecule has 6 nitrogen and oxygen atoms in total. The number of hydrogen-bond donors (Lipinski definition) is 2. The van der Waals surface area contributed by atoms with Gasteiger partial charge in [-0.15, -0.1) is 0 Å². The van der Waals surface area contributed by atoms with Gasteiger partial charge in [0.15, 0.2) is 0 Å². The average molecular weight is 299 g/mol. The largest absolute Gasteiger partial charge is 0.480 e. The van der Waals surface area contributed by atoms with Gasteiger partial charge in [0.05, 0.1) is 5.75 Å². The molecule has 7 heteroatoms. The van der Waals surface area contributed by atoms with E-state index in [9.17, 15) is 18.3 Å². The van der Waals surface area contributed by atoms with Gasteiger partial charge in [0.25, 0.3) is 0 Å². The molecule has 0 aliphatic carbocycles. The number of carbonyl (C=O) groups is 1. The van der Waals surface area contributed by atoms with Crippen molar-refractivity contribution in [2.75, 3.05) is 13.2 Å². The highest BCUT2D eigenvalue weighted by Gasteiger charge is 2.43. The first-order valence-electron chi connectivity index (χ1n) is 6.30. The highest BCUT2D eigenvalue weighted by molar-refractivity contribution is 7.88. The Balaban J connectivity index is 2.15. The van der Waals surface area contributed by atoms with Crippen LogP contribution >= 0.6 is 0 Å². The summed E-state index contributed by atoms with van der Waals surface area (Å²) in [5, 5.41) is 9.34. The van der Waals surface area contributed by atoms with E-state index < -0.39 is 21.5 Å². The fourth-order valence-corrected chi connectivity index (χ4v) is 3.80. The predicted octanol–water partition coefficient (Wildman–Crippen LogP) is 0.740. The zero-order chi connectivity index (χ0) is 14.6. The summed E-state index contributed by atoms with van der Waals surface area (Å²) >= 11 is 0. The van der Waals surface area contributed by atoms with E-state index in [1.807, 2.05) is 0 Å². The second-order valence-corrected chi connectivity index (χ2v) is 6.57. The molecular weight excluding hydrogens is 282 g/mol. The Labute approximate surface area is 117 Å². The van der Waals surface area contributed by atoms with Crippen LogP contribution in [0, 0.1) is 0 Å². The first kappa shape index (κ1) is 15.0. The van der Waals surface area contributed by atoms with Gasteiger partial charge in [-0.05, 0) is 5.56 Å². The van der Waals surface area contributed by atoms with Gasteiger partial charge in [0.1, 0.15) is 5.54 Å². The molecule has 0 radical (unpaired) electrons. The summed E-state index contributed by atoms with van der Waals surface area (Å²) in [7, 11) is -3.72. The molecule has 110 valence electrons. The SMILES string of the molecule is O=C(O)C1(NS(=O)(=O)Cc2ccccc2)CCOCC1. The van der Waals surface area contributed by atoms with Crippen molar-refractivity contribution in [1.82, 2.24) is 4.72 Å². The monoisotopic (exact) mass is 299 g/mol. The molecule has 20 heavy (non-hydrogen) atoms. The van der Waals surface area contributed by atoms with E-state index in [1.165, 1.54) is 0 Å². The maximum atomic E-state index is 12.2. The molecule has 0 aromatic heterocycles. The minimum absolute atomic E-state index is 0.135. The Bertz CT molecular complexity index is 564. The molecule has 0 amide bonds. The fourth-order valence-electron chi connectivity index (χ4n) is 2.21. The van der Waals surface area contributed by atoms with Gasteiger partial charge < -0.3 is 9.84 Å². The van der Waals surface area contributed by atoms with Gasteiger partial charge in [-0.25, -0.2) is 8.42 Å². The number of benzene rings is 1. The smallest absolute Gasteiger partial charge is 0.325 e. The molecule has 0 atom stereocenters. The lowest BCUT2D eigenvalue weighted by atomic mass is 9.92. The van der Waals surface area contributed by atoms with Crippen molar-refractivity contribution in [3.05, 3.63) is 35.9 Å². The van der Waals surface area contributed by atoms with E-state index in [4.69, 9.17) is 4.74 Å². The molecule has 0 spiro atoms. The summed E-state index contributed by atoms with van der Waals surface area (Å²) in [5.74, 6) is -1.39. The summed E-state index contributed by atoms with van der Waals surface area (Å²) in [6.07, 6.45) is 0.271. The Morgan fingerprint density at radius 2 is 1.85 bits per heavy atom. The van der Waals surface area contributed by atoms with Crippen LogP contribution in [0.2, 0.25) is 0 Å². The Kier molecular flexibility index (Phi) is 4.42. The second-order valence-electron chi connectivity index (χ2n) is 4.85. The van der Waals surface area contributed by atoms with E-state index in [2.05, 4.69) is 4.72 Å². The zero-order valence-corrected chi connectivity index (χ0v) is 11.7. The van der Waals surface area contributed by atoms with E-state index in [1.54, 1.807) is 30.3 Å². The third-order valence-corrected chi connectivity index (χ3v) is 4.72. The summed E-state index contributed by atoms with van der Waals surface area (Å²) in [6.45, 7) is 0.473. The van der Waals surface area contributed by atoms with E-state index >= 15 is 0 Å². The maximum Gasteiger partial charge on any atom is 0.325 e.